The molecule has 0 unspecified atom stereocenters. The summed E-state index contributed by atoms with van der Waals surface area (Å²) in [6, 6.07) is 0. The summed E-state index contributed by atoms with van der Waals surface area (Å²) in [5, 5.41) is 0. The van der Waals surface area contributed by atoms with Crippen LogP contribution in [-0.2, 0) is 0 Å². The van der Waals surface area contributed by atoms with Gasteiger partial charge in [0.15, 0.2) is 0 Å². The van der Waals surface area contributed by atoms with Crippen LogP contribution in [0.2, 0.25) is 0 Å². The summed E-state index contributed by atoms with van der Waals surface area (Å²) in [5.74, 6) is 1.87. The van der Waals surface area contributed by atoms with E-state index in [0.717, 1.165) is 11.8 Å². The van der Waals surface area contributed by atoms with Gasteiger partial charge in [-0.2, -0.15) is 0 Å². The van der Waals surface area contributed by atoms with Gasteiger partial charge in [-0.05, 0) is 70.7 Å². The van der Waals surface area contributed by atoms with Crippen molar-refractivity contribution in [2.75, 3.05) is 59.4 Å². The van der Waals surface area contributed by atoms with E-state index in [1.807, 2.05) is 13.8 Å². The fourth-order valence-electron chi connectivity index (χ4n) is 3.76. The second-order valence-electron chi connectivity index (χ2n) is 7.63. The maximum absolute atomic E-state index is 2.70. The molecule has 0 aromatic rings. The average Bonchev–Trinajstić information content (AvgIpc) is 2.58. The molecule has 0 aromatic carbocycles. The number of piperazine rings is 1. The smallest absolute Gasteiger partial charge is 0.0110 e. The number of unbranched alkanes of at least 4 members (excludes halogenated alkanes) is 2. The zero-order valence-electron chi connectivity index (χ0n) is 16.7. The Bertz CT molecular complexity index is 264. The van der Waals surface area contributed by atoms with Crippen LogP contribution in [0.3, 0.4) is 0 Å². The molecule has 23 heavy (non-hydrogen) atoms. The van der Waals surface area contributed by atoms with Crippen LogP contribution in [0.1, 0.15) is 59.8 Å². The maximum atomic E-state index is 2.70. The number of nitrogens with zero attached hydrogens (tertiary/aromatic N) is 3. The van der Waals surface area contributed by atoms with Crippen LogP contribution >= 0.6 is 0 Å². The summed E-state index contributed by atoms with van der Waals surface area (Å²) >= 11 is 0. The zero-order chi connectivity index (χ0) is 17.1. The molecule has 0 aromatic heterocycles. The molecular formula is C20H43N3. The number of piperidine rings is 1. The van der Waals surface area contributed by atoms with Crippen molar-refractivity contribution in [3.8, 4) is 0 Å². The lowest BCUT2D eigenvalue weighted by Gasteiger charge is -2.34. The van der Waals surface area contributed by atoms with Crippen LogP contribution < -0.4 is 0 Å². The predicted molar refractivity (Wildman–Crippen MR) is 103 cm³/mol. The lowest BCUT2D eigenvalue weighted by molar-refractivity contribution is 0.146. The standard InChI is InChI=1S/C18H37N3.C2H6/c1-17(2)18-7-11-20(12-8-18)9-5-4-6-10-21-15-13-19(3)14-16-21;1-2/h17-18H,4-16H2,1-3H3;1-2H3. The van der Waals surface area contributed by atoms with Gasteiger partial charge < -0.3 is 14.7 Å². The summed E-state index contributed by atoms with van der Waals surface area (Å²) < 4.78 is 0. The molecule has 0 bridgehead atoms. The molecule has 0 spiro atoms. The van der Waals surface area contributed by atoms with Crippen molar-refractivity contribution >= 4 is 0 Å². The van der Waals surface area contributed by atoms with E-state index in [0.29, 0.717) is 0 Å². The van der Waals surface area contributed by atoms with Crippen molar-refractivity contribution in [1.82, 2.24) is 14.7 Å². The van der Waals surface area contributed by atoms with Crippen LogP contribution in [0.4, 0.5) is 0 Å². The van der Waals surface area contributed by atoms with E-state index in [1.54, 1.807) is 0 Å². The van der Waals surface area contributed by atoms with Gasteiger partial charge in [0.05, 0.1) is 0 Å². The summed E-state index contributed by atoms with van der Waals surface area (Å²) in [7, 11) is 2.24. The molecule has 2 aliphatic heterocycles. The zero-order valence-corrected chi connectivity index (χ0v) is 16.7. The third-order valence-electron chi connectivity index (χ3n) is 5.62. The lowest BCUT2D eigenvalue weighted by atomic mass is 9.87. The van der Waals surface area contributed by atoms with E-state index in [9.17, 15) is 0 Å². The van der Waals surface area contributed by atoms with Crippen molar-refractivity contribution in [2.45, 2.75) is 59.8 Å². The minimum atomic E-state index is 0.885. The van der Waals surface area contributed by atoms with E-state index >= 15 is 0 Å². The molecule has 0 N–H and O–H groups in total. The predicted octanol–water partition coefficient (Wildman–Crippen LogP) is 3.80. The van der Waals surface area contributed by atoms with Gasteiger partial charge in [-0.15, -0.1) is 0 Å². The van der Waals surface area contributed by atoms with Crippen LogP contribution in [-0.4, -0.2) is 74.1 Å². The Morgan fingerprint density at radius 2 is 1.22 bits per heavy atom. The van der Waals surface area contributed by atoms with Crippen LogP contribution in [0.5, 0.6) is 0 Å². The quantitative estimate of drug-likeness (QED) is 0.659. The Morgan fingerprint density at radius 3 is 1.70 bits per heavy atom. The normalized spacial score (nSPS) is 22.2. The Balaban J connectivity index is 0.00000127. The second-order valence-corrected chi connectivity index (χ2v) is 7.63. The molecule has 0 aliphatic carbocycles. The molecule has 0 atom stereocenters. The fourth-order valence-corrected chi connectivity index (χ4v) is 3.76. The molecule has 3 nitrogen and oxygen atoms in total. The van der Waals surface area contributed by atoms with Crippen LogP contribution in [0.25, 0.3) is 0 Å². The monoisotopic (exact) mass is 325 g/mol. The SMILES string of the molecule is CC.CC(C)C1CCN(CCCCCN2CCN(C)CC2)CC1. The Labute approximate surface area is 146 Å². The Kier molecular flexibility index (Phi) is 11.2. The van der Waals surface area contributed by atoms with Gasteiger partial charge in [0.25, 0.3) is 0 Å². The van der Waals surface area contributed by atoms with Gasteiger partial charge in [-0.25, -0.2) is 0 Å². The minimum absolute atomic E-state index is 0.885. The second kappa shape index (κ2) is 12.3. The summed E-state index contributed by atoms with van der Waals surface area (Å²) in [6.45, 7) is 19.2. The molecule has 0 saturated carbocycles. The van der Waals surface area contributed by atoms with Gasteiger partial charge in [-0.3, -0.25) is 0 Å². The summed E-state index contributed by atoms with van der Waals surface area (Å²) in [4.78, 5) is 7.79. The molecule has 3 heteroatoms. The summed E-state index contributed by atoms with van der Waals surface area (Å²) in [5.41, 5.74) is 0. The van der Waals surface area contributed by atoms with Gasteiger partial charge in [0.2, 0.25) is 0 Å². The first-order chi connectivity index (χ1) is 11.1. The first kappa shape index (κ1) is 20.9. The van der Waals surface area contributed by atoms with Gasteiger partial charge in [0.1, 0.15) is 0 Å². The van der Waals surface area contributed by atoms with Crippen molar-refractivity contribution in [1.29, 1.82) is 0 Å². The van der Waals surface area contributed by atoms with E-state index in [4.69, 9.17) is 0 Å². The molecule has 2 rings (SSSR count). The molecule has 138 valence electrons. The molecule has 2 saturated heterocycles. The number of likely N-dealkylation sites (tertiary alicyclic amines) is 1. The molecular weight excluding hydrogens is 282 g/mol. The van der Waals surface area contributed by atoms with Crippen molar-refractivity contribution < 1.29 is 0 Å². The molecule has 0 amide bonds. The average molecular weight is 326 g/mol. The van der Waals surface area contributed by atoms with E-state index in [2.05, 4.69) is 35.6 Å². The van der Waals surface area contributed by atoms with E-state index in [-0.39, 0.29) is 0 Å². The third kappa shape index (κ3) is 8.51. The largest absolute Gasteiger partial charge is 0.304 e. The molecule has 2 aliphatic rings. The molecule has 2 heterocycles. The highest BCUT2D eigenvalue weighted by molar-refractivity contribution is 4.74. The molecule has 0 radical (unpaired) electrons. The lowest BCUT2D eigenvalue weighted by Crippen LogP contribution is -2.44. The Hall–Kier alpha value is -0.120. The topological polar surface area (TPSA) is 9.72 Å². The van der Waals surface area contributed by atoms with Crippen molar-refractivity contribution in [3.05, 3.63) is 0 Å². The first-order valence-electron chi connectivity index (χ1n) is 10.3. The van der Waals surface area contributed by atoms with Crippen molar-refractivity contribution in [2.24, 2.45) is 11.8 Å². The van der Waals surface area contributed by atoms with Crippen molar-refractivity contribution in [3.63, 3.8) is 0 Å². The minimum Gasteiger partial charge on any atom is -0.304 e. The third-order valence-corrected chi connectivity index (χ3v) is 5.62. The number of likely N-dealkylation sites (N-methyl/N-ethyl adjacent to an activating group) is 1. The highest BCUT2D eigenvalue weighted by Gasteiger charge is 2.20. The van der Waals surface area contributed by atoms with Gasteiger partial charge in [-0.1, -0.05) is 34.1 Å². The highest BCUT2D eigenvalue weighted by atomic mass is 15.2. The Morgan fingerprint density at radius 1 is 0.739 bits per heavy atom. The fraction of sp³-hybridized carbons (Fsp3) is 1.00. The van der Waals surface area contributed by atoms with Gasteiger partial charge in [0, 0.05) is 26.2 Å². The van der Waals surface area contributed by atoms with E-state index < -0.39 is 0 Å². The summed E-state index contributed by atoms with van der Waals surface area (Å²) in [6.07, 6.45) is 7.07. The van der Waals surface area contributed by atoms with Crippen LogP contribution in [0.15, 0.2) is 0 Å². The maximum Gasteiger partial charge on any atom is 0.0110 e. The molecule has 2 fully saturated rings. The first-order valence-corrected chi connectivity index (χ1v) is 10.3. The van der Waals surface area contributed by atoms with Crippen LogP contribution in [0, 0.1) is 11.8 Å². The van der Waals surface area contributed by atoms with E-state index in [1.165, 1.54) is 84.5 Å². The number of hydrogen-bond donors (Lipinski definition) is 0. The number of rotatable bonds is 7. The number of hydrogen-bond acceptors (Lipinski definition) is 3. The van der Waals surface area contributed by atoms with Gasteiger partial charge >= 0.3 is 0 Å². The highest BCUT2D eigenvalue weighted by Crippen LogP contribution is 2.24.